The highest BCUT2D eigenvalue weighted by atomic mass is 19.1. The fraction of sp³-hybridized carbons (Fsp3) is 0.588. The number of rotatable bonds is 5. The molecule has 3 nitrogen and oxygen atoms in total. The third-order valence-electron chi connectivity index (χ3n) is 4.22. The summed E-state index contributed by atoms with van der Waals surface area (Å²) in [6.07, 6.45) is 6.44. The molecule has 0 bridgehead atoms. The highest BCUT2D eigenvalue weighted by Crippen LogP contribution is 2.28. The van der Waals surface area contributed by atoms with Gasteiger partial charge in [-0.2, -0.15) is 0 Å². The van der Waals surface area contributed by atoms with E-state index in [0.29, 0.717) is 12.8 Å². The second-order valence-electron chi connectivity index (χ2n) is 6.40. The van der Waals surface area contributed by atoms with Gasteiger partial charge in [0, 0.05) is 18.0 Å². The Kier molecular flexibility index (Phi) is 5.34. The molecule has 1 atom stereocenters. The van der Waals surface area contributed by atoms with Gasteiger partial charge in [0.05, 0.1) is 0 Å². The lowest BCUT2D eigenvalue weighted by Crippen LogP contribution is -2.47. The lowest BCUT2D eigenvalue weighted by atomic mass is 9.80. The lowest BCUT2D eigenvalue weighted by molar-refractivity contribution is -0.123. The number of amides is 1. The SMILES string of the molecule is CC(Cc1ccc(F)cc1)NC(=O)CC1(N)CCCCC1. The van der Waals surface area contributed by atoms with Gasteiger partial charge in [0.1, 0.15) is 5.82 Å². The number of carbonyl (C=O) groups is 1. The summed E-state index contributed by atoms with van der Waals surface area (Å²) in [4.78, 5) is 12.1. The van der Waals surface area contributed by atoms with Crippen LogP contribution in [-0.4, -0.2) is 17.5 Å². The molecule has 1 aliphatic carbocycles. The van der Waals surface area contributed by atoms with Crippen molar-refractivity contribution in [1.82, 2.24) is 5.32 Å². The maximum Gasteiger partial charge on any atom is 0.222 e. The van der Waals surface area contributed by atoms with E-state index in [4.69, 9.17) is 5.73 Å². The van der Waals surface area contributed by atoms with Gasteiger partial charge < -0.3 is 11.1 Å². The number of benzene rings is 1. The van der Waals surface area contributed by atoms with Crippen LogP contribution in [0.25, 0.3) is 0 Å². The first-order valence-corrected chi connectivity index (χ1v) is 7.80. The van der Waals surface area contributed by atoms with Crippen LogP contribution < -0.4 is 11.1 Å². The molecule has 0 radical (unpaired) electrons. The Balaban J connectivity index is 1.80. The first-order chi connectivity index (χ1) is 9.97. The van der Waals surface area contributed by atoms with Crippen molar-refractivity contribution in [3.8, 4) is 0 Å². The first-order valence-electron chi connectivity index (χ1n) is 7.80. The predicted molar refractivity (Wildman–Crippen MR) is 82.3 cm³/mol. The van der Waals surface area contributed by atoms with Crippen LogP contribution in [0, 0.1) is 5.82 Å². The lowest BCUT2D eigenvalue weighted by Gasteiger charge is -2.33. The molecule has 21 heavy (non-hydrogen) atoms. The van der Waals surface area contributed by atoms with Gasteiger partial charge in [-0.25, -0.2) is 4.39 Å². The molecule has 1 fully saturated rings. The Morgan fingerprint density at radius 2 is 1.90 bits per heavy atom. The molecule has 0 spiro atoms. The fourth-order valence-corrected chi connectivity index (χ4v) is 3.10. The summed E-state index contributed by atoms with van der Waals surface area (Å²) < 4.78 is 12.9. The third-order valence-corrected chi connectivity index (χ3v) is 4.22. The summed E-state index contributed by atoms with van der Waals surface area (Å²) in [6.45, 7) is 1.96. The monoisotopic (exact) mass is 292 g/mol. The van der Waals surface area contributed by atoms with Crippen LogP contribution in [0.4, 0.5) is 4.39 Å². The highest BCUT2D eigenvalue weighted by Gasteiger charge is 2.30. The van der Waals surface area contributed by atoms with E-state index < -0.39 is 0 Å². The summed E-state index contributed by atoms with van der Waals surface area (Å²) in [5, 5.41) is 3.00. The number of halogens is 1. The molecule has 4 heteroatoms. The zero-order chi connectivity index (χ0) is 15.3. The van der Waals surface area contributed by atoms with Crippen molar-refractivity contribution in [2.24, 2.45) is 5.73 Å². The number of nitrogens with one attached hydrogen (secondary N) is 1. The Bertz CT molecular complexity index is 466. The van der Waals surface area contributed by atoms with Crippen LogP contribution in [0.1, 0.15) is 51.0 Å². The maximum absolute atomic E-state index is 12.9. The van der Waals surface area contributed by atoms with Crippen molar-refractivity contribution in [3.63, 3.8) is 0 Å². The molecule has 1 aromatic carbocycles. The van der Waals surface area contributed by atoms with Crippen LogP contribution in [0.2, 0.25) is 0 Å². The average molecular weight is 292 g/mol. The van der Waals surface area contributed by atoms with E-state index in [-0.39, 0.29) is 23.3 Å². The van der Waals surface area contributed by atoms with Gasteiger partial charge in [-0.15, -0.1) is 0 Å². The van der Waals surface area contributed by atoms with Crippen molar-refractivity contribution in [3.05, 3.63) is 35.6 Å². The van der Waals surface area contributed by atoms with Gasteiger partial charge in [0.15, 0.2) is 0 Å². The van der Waals surface area contributed by atoms with Gasteiger partial charge in [-0.3, -0.25) is 4.79 Å². The second-order valence-corrected chi connectivity index (χ2v) is 6.40. The van der Waals surface area contributed by atoms with Crippen molar-refractivity contribution in [1.29, 1.82) is 0 Å². The Morgan fingerprint density at radius 3 is 2.52 bits per heavy atom. The largest absolute Gasteiger partial charge is 0.353 e. The summed E-state index contributed by atoms with van der Waals surface area (Å²) in [5.74, 6) is -0.216. The smallest absolute Gasteiger partial charge is 0.222 e. The molecule has 0 heterocycles. The molecule has 1 unspecified atom stereocenters. The quantitative estimate of drug-likeness (QED) is 0.876. The van der Waals surface area contributed by atoms with Crippen LogP contribution >= 0.6 is 0 Å². The zero-order valence-electron chi connectivity index (χ0n) is 12.7. The third kappa shape index (κ3) is 5.12. The fourth-order valence-electron chi connectivity index (χ4n) is 3.10. The second kappa shape index (κ2) is 7.03. The highest BCUT2D eigenvalue weighted by molar-refractivity contribution is 5.77. The van der Waals surface area contributed by atoms with E-state index in [9.17, 15) is 9.18 Å². The van der Waals surface area contributed by atoms with Crippen molar-refractivity contribution in [2.45, 2.75) is 63.5 Å². The molecule has 0 saturated heterocycles. The Labute approximate surface area is 126 Å². The number of carbonyl (C=O) groups excluding carboxylic acids is 1. The summed E-state index contributed by atoms with van der Waals surface area (Å²) >= 11 is 0. The van der Waals surface area contributed by atoms with E-state index >= 15 is 0 Å². The molecule has 1 amide bonds. The summed E-state index contributed by atoms with van der Waals surface area (Å²) in [5.41, 5.74) is 7.00. The Hall–Kier alpha value is -1.42. The van der Waals surface area contributed by atoms with Gasteiger partial charge >= 0.3 is 0 Å². The molecule has 2 rings (SSSR count). The van der Waals surface area contributed by atoms with Crippen LogP contribution in [0.15, 0.2) is 24.3 Å². The molecular formula is C17H25FN2O. The van der Waals surface area contributed by atoms with E-state index in [0.717, 1.165) is 31.2 Å². The molecule has 0 aliphatic heterocycles. The molecule has 0 aromatic heterocycles. The standard InChI is InChI=1S/C17H25FN2O/c1-13(11-14-5-7-15(18)8-6-14)20-16(21)12-17(19)9-3-2-4-10-17/h5-8,13H,2-4,9-12,19H2,1H3,(H,20,21). The van der Waals surface area contributed by atoms with E-state index in [1.165, 1.54) is 18.6 Å². The van der Waals surface area contributed by atoms with E-state index in [2.05, 4.69) is 5.32 Å². The zero-order valence-corrected chi connectivity index (χ0v) is 12.7. The summed E-state index contributed by atoms with van der Waals surface area (Å²) in [6, 6.07) is 6.42. The summed E-state index contributed by atoms with van der Waals surface area (Å²) in [7, 11) is 0. The van der Waals surface area contributed by atoms with Crippen molar-refractivity contribution < 1.29 is 9.18 Å². The molecule has 1 aromatic rings. The minimum atomic E-state index is -0.321. The minimum absolute atomic E-state index is 0.0222. The van der Waals surface area contributed by atoms with Crippen LogP contribution in [-0.2, 0) is 11.2 Å². The molecule has 1 saturated carbocycles. The van der Waals surface area contributed by atoms with Crippen LogP contribution in [0.3, 0.4) is 0 Å². The van der Waals surface area contributed by atoms with Crippen LogP contribution in [0.5, 0.6) is 0 Å². The normalized spacial score (nSPS) is 19.0. The number of hydrogen-bond acceptors (Lipinski definition) is 2. The molecular weight excluding hydrogens is 267 g/mol. The van der Waals surface area contributed by atoms with Gasteiger partial charge in [0.2, 0.25) is 5.91 Å². The first kappa shape index (κ1) is 16.0. The maximum atomic E-state index is 12.9. The average Bonchev–Trinajstić information content (AvgIpc) is 2.41. The topological polar surface area (TPSA) is 55.1 Å². The number of hydrogen-bond donors (Lipinski definition) is 2. The van der Waals surface area contributed by atoms with Crippen molar-refractivity contribution >= 4 is 5.91 Å². The van der Waals surface area contributed by atoms with Gasteiger partial charge in [-0.1, -0.05) is 31.4 Å². The van der Waals surface area contributed by atoms with Gasteiger partial charge in [-0.05, 0) is 43.9 Å². The molecule has 3 N–H and O–H groups in total. The molecule has 1 aliphatic rings. The minimum Gasteiger partial charge on any atom is -0.353 e. The van der Waals surface area contributed by atoms with E-state index in [1.54, 1.807) is 12.1 Å². The predicted octanol–water partition coefficient (Wildman–Crippen LogP) is 2.92. The Morgan fingerprint density at radius 1 is 1.29 bits per heavy atom. The van der Waals surface area contributed by atoms with Gasteiger partial charge in [0.25, 0.3) is 0 Å². The van der Waals surface area contributed by atoms with E-state index in [1.807, 2.05) is 6.92 Å². The molecule has 116 valence electrons. The number of nitrogens with two attached hydrogens (primary N) is 1. The van der Waals surface area contributed by atoms with Crippen molar-refractivity contribution in [2.75, 3.05) is 0 Å².